The third kappa shape index (κ3) is 4.44. The average molecular weight is 362 g/mol. The molecular formula is C22H22N2O3. The molecule has 0 spiro atoms. The van der Waals surface area contributed by atoms with Gasteiger partial charge in [0.05, 0.1) is 12.5 Å². The van der Waals surface area contributed by atoms with Gasteiger partial charge in [0.1, 0.15) is 5.75 Å². The van der Waals surface area contributed by atoms with Crippen molar-refractivity contribution in [3.05, 3.63) is 71.8 Å². The Hall–Kier alpha value is -3.34. The summed E-state index contributed by atoms with van der Waals surface area (Å²) in [6, 6.07) is 17.9. The van der Waals surface area contributed by atoms with Gasteiger partial charge < -0.3 is 15.7 Å². The van der Waals surface area contributed by atoms with Gasteiger partial charge in [-0.1, -0.05) is 54.1 Å². The Labute approximate surface area is 158 Å². The van der Waals surface area contributed by atoms with E-state index in [0.717, 1.165) is 16.5 Å². The standard InChI is InChI=1S/C22H22N2O3/c1-14-7-9-16(10-8-14)20(23-15(2)25)13-22(27)24-19-11-12-21(26)18-6-4-3-5-17(18)19/h3-12,20,26H,13H2,1-2H3,(H,23,25)(H,24,27)/t20-/m0/s1. The Morgan fingerprint density at radius 2 is 1.63 bits per heavy atom. The molecule has 1 atom stereocenters. The van der Waals surface area contributed by atoms with Gasteiger partial charge in [-0.2, -0.15) is 0 Å². The predicted molar refractivity (Wildman–Crippen MR) is 107 cm³/mol. The van der Waals surface area contributed by atoms with Crippen molar-refractivity contribution >= 4 is 28.3 Å². The molecule has 0 bridgehead atoms. The number of aromatic hydroxyl groups is 1. The van der Waals surface area contributed by atoms with Crippen LogP contribution in [0.4, 0.5) is 5.69 Å². The summed E-state index contributed by atoms with van der Waals surface area (Å²) in [6.45, 7) is 3.42. The van der Waals surface area contributed by atoms with Crippen LogP contribution in [0.5, 0.6) is 5.75 Å². The van der Waals surface area contributed by atoms with Crippen LogP contribution in [0, 0.1) is 6.92 Å². The molecule has 3 N–H and O–H groups in total. The second-order valence-corrected chi connectivity index (χ2v) is 6.59. The van der Waals surface area contributed by atoms with Crippen LogP contribution in [0.25, 0.3) is 10.8 Å². The van der Waals surface area contributed by atoms with E-state index in [-0.39, 0.29) is 24.0 Å². The van der Waals surface area contributed by atoms with Crippen molar-refractivity contribution in [2.45, 2.75) is 26.3 Å². The van der Waals surface area contributed by atoms with Gasteiger partial charge in [0, 0.05) is 23.4 Å². The minimum atomic E-state index is -0.411. The van der Waals surface area contributed by atoms with Gasteiger partial charge in [0.25, 0.3) is 0 Å². The number of aryl methyl sites for hydroxylation is 1. The number of amides is 2. The fourth-order valence-electron chi connectivity index (χ4n) is 3.08. The van der Waals surface area contributed by atoms with Crippen molar-refractivity contribution in [2.24, 2.45) is 0 Å². The Kier molecular flexibility index (Phi) is 5.41. The minimum absolute atomic E-state index is 0.109. The molecule has 0 saturated carbocycles. The number of carbonyl (C=O) groups is 2. The molecule has 3 aromatic rings. The highest BCUT2D eigenvalue weighted by atomic mass is 16.3. The molecule has 27 heavy (non-hydrogen) atoms. The SMILES string of the molecule is CC(=O)N[C@@H](CC(=O)Nc1ccc(O)c2ccccc12)c1ccc(C)cc1. The lowest BCUT2D eigenvalue weighted by Crippen LogP contribution is -2.29. The van der Waals surface area contributed by atoms with Crippen molar-refractivity contribution in [1.29, 1.82) is 0 Å². The lowest BCUT2D eigenvalue weighted by atomic mass is 10.0. The van der Waals surface area contributed by atoms with Crippen LogP contribution in [0.1, 0.15) is 30.5 Å². The summed E-state index contributed by atoms with van der Waals surface area (Å²) in [5.74, 6) is -0.243. The summed E-state index contributed by atoms with van der Waals surface area (Å²) in [5.41, 5.74) is 2.61. The van der Waals surface area contributed by atoms with Gasteiger partial charge >= 0.3 is 0 Å². The number of nitrogens with one attached hydrogen (secondary N) is 2. The first kappa shape index (κ1) is 18.5. The molecule has 0 fully saturated rings. The van der Waals surface area contributed by atoms with Crippen LogP contribution >= 0.6 is 0 Å². The molecule has 0 aliphatic carbocycles. The second kappa shape index (κ2) is 7.91. The van der Waals surface area contributed by atoms with Crippen molar-refractivity contribution in [3.8, 4) is 5.75 Å². The Morgan fingerprint density at radius 1 is 0.963 bits per heavy atom. The number of fused-ring (bicyclic) bond motifs is 1. The summed E-state index contributed by atoms with van der Waals surface area (Å²) in [4.78, 5) is 24.2. The highest BCUT2D eigenvalue weighted by Gasteiger charge is 2.18. The van der Waals surface area contributed by atoms with E-state index in [1.54, 1.807) is 18.2 Å². The number of phenols is 1. The van der Waals surface area contributed by atoms with Crippen LogP contribution in [0.2, 0.25) is 0 Å². The maximum absolute atomic E-state index is 12.6. The zero-order valence-electron chi connectivity index (χ0n) is 15.3. The molecule has 0 aliphatic rings. The molecule has 0 heterocycles. The van der Waals surface area contributed by atoms with E-state index in [9.17, 15) is 14.7 Å². The van der Waals surface area contributed by atoms with E-state index >= 15 is 0 Å². The maximum atomic E-state index is 12.6. The van der Waals surface area contributed by atoms with Gasteiger partial charge in [0.2, 0.25) is 11.8 Å². The Balaban J connectivity index is 1.81. The normalized spacial score (nSPS) is 11.8. The number of hydrogen-bond donors (Lipinski definition) is 3. The maximum Gasteiger partial charge on any atom is 0.226 e. The van der Waals surface area contributed by atoms with E-state index in [1.807, 2.05) is 49.4 Å². The largest absolute Gasteiger partial charge is 0.507 e. The van der Waals surface area contributed by atoms with Crippen molar-refractivity contribution in [3.63, 3.8) is 0 Å². The highest BCUT2D eigenvalue weighted by molar-refractivity contribution is 6.04. The van der Waals surface area contributed by atoms with Gasteiger partial charge in [-0.05, 0) is 24.6 Å². The van der Waals surface area contributed by atoms with Gasteiger partial charge in [-0.15, -0.1) is 0 Å². The lowest BCUT2D eigenvalue weighted by Gasteiger charge is -2.19. The van der Waals surface area contributed by atoms with Crippen LogP contribution in [0.15, 0.2) is 60.7 Å². The average Bonchev–Trinajstić information content (AvgIpc) is 2.64. The van der Waals surface area contributed by atoms with Crippen LogP contribution in [0.3, 0.4) is 0 Å². The molecule has 3 rings (SSSR count). The molecule has 0 radical (unpaired) electrons. The number of rotatable bonds is 5. The summed E-state index contributed by atoms with van der Waals surface area (Å²) < 4.78 is 0. The molecule has 0 aliphatic heterocycles. The predicted octanol–water partition coefficient (Wildman–Crippen LogP) is 4.06. The molecule has 0 aromatic heterocycles. The highest BCUT2D eigenvalue weighted by Crippen LogP contribution is 2.31. The smallest absolute Gasteiger partial charge is 0.226 e. The quantitative estimate of drug-likeness (QED) is 0.599. The number of phenolic OH excluding ortho intramolecular Hbond substituents is 1. The first-order chi connectivity index (χ1) is 12.9. The summed E-state index contributed by atoms with van der Waals surface area (Å²) >= 11 is 0. The lowest BCUT2D eigenvalue weighted by molar-refractivity contribution is -0.120. The first-order valence-corrected chi connectivity index (χ1v) is 8.78. The van der Waals surface area contributed by atoms with Crippen molar-refractivity contribution < 1.29 is 14.7 Å². The van der Waals surface area contributed by atoms with E-state index in [2.05, 4.69) is 10.6 Å². The molecule has 2 amide bonds. The number of hydrogen-bond acceptors (Lipinski definition) is 3. The van der Waals surface area contributed by atoms with E-state index in [0.29, 0.717) is 11.1 Å². The zero-order valence-corrected chi connectivity index (χ0v) is 15.3. The zero-order chi connectivity index (χ0) is 19.4. The van der Waals surface area contributed by atoms with E-state index in [4.69, 9.17) is 0 Å². The van der Waals surface area contributed by atoms with Crippen LogP contribution < -0.4 is 10.6 Å². The third-order valence-electron chi connectivity index (χ3n) is 4.42. The summed E-state index contributed by atoms with van der Waals surface area (Å²) in [5, 5.41) is 17.2. The monoisotopic (exact) mass is 362 g/mol. The van der Waals surface area contributed by atoms with Crippen molar-refractivity contribution in [1.82, 2.24) is 5.32 Å². The van der Waals surface area contributed by atoms with Crippen LogP contribution in [-0.4, -0.2) is 16.9 Å². The van der Waals surface area contributed by atoms with Crippen LogP contribution in [-0.2, 0) is 9.59 Å². The molecular weight excluding hydrogens is 340 g/mol. The topological polar surface area (TPSA) is 78.4 Å². The molecule has 5 heteroatoms. The number of carbonyl (C=O) groups excluding carboxylic acids is 2. The Morgan fingerprint density at radius 3 is 2.30 bits per heavy atom. The van der Waals surface area contributed by atoms with Crippen molar-refractivity contribution in [2.75, 3.05) is 5.32 Å². The van der Waals surface area contributed by atoms with Gasteiger partial charge in [0.15, 0.2) is 0 Å². The van der Waals surface area contributed by atoms with E-state index in [1.165, 1.54) is 6.92 Å². The molecule has 0 saturated heterocycles. The molecule has 0 unspecified atom stereocenters. The molecule has 138 valence electrons. The minimum Gasteiger partial charge on any atom is -0.507 e. The van der Waals surface area contributed by atoms with E-state index < -0.39 is 6.04 Å². The Bertz CT molecular complexity index is 981. The first-order valence-electron chi connectivity index (χ1n) is 8.78. The molecule has 3 aromatic carbocycles. The number of anilines is 1. The second-order valence-electron chi connectivity index (χ2n) is 6.59. The molecule has 5 nitrogen and oxygen atoms in total. The van der Waals surface area contributed by atoms with Gasteiger partial charge in [-0.25, -0.2) is 0 Å². The summed E-state index contributed by atoms with van der Waals surface area (Å²) in [6.07, 6.45) is 0.109. The third-order valence-corrected chi connectivity index (χ3v) is 4.42. The number of benzene rings is 3. The fraction of sp³-hybridized carbons (Fsp3) is 0.182. The van der Waals surface area contributed by atoms with Gasteiger partial charge in [-0.3, -0.25) is 9.59 Å². The fourth-order valence-corrected chi connectivity index (χ4v) is 3.08. The summed E-state index contributed by atoms with van der Waals surface area (Å²) in [7, 11) is 0.